The summed E-state index contributed by atoms with van der Waals surface area (Å²) in [5.41, 5.74) is 2.90. The van der Waals surface area contributed by atoms with Crippen LogP contribution in [-0.2, 0) is 17.9 Å². The largest absolute Gasteiger partial charge is 0.334 e. The maximum Gasteiger partial charge on any atom is 0.315 e. The van der Waals surface area contributed by atoms with Crippen molar-refractivity contribution < 1.29 is 14.0 Å². The van der Waals surface area contributed by atoms with Crippen molar-refractivity contribution in [3.63, 3.8) is 0 Å². The molecule has 0 aliphatic heterocycles. The van der Waals surface area contributed by atoms with Crippen molar-refractivity contribution in [2.75, 3.05) is 5.32 Å². The Balaban J connectivity index is 1.46. The number of rotatable bonds is 6. The summed E-state index contributed by atoms with van der Waals surface area (Å²) in [7, 11) is 0. The third-order valence-corrected chi connectivity index (χ3v) is 4.29. The molecule has 1 aliphatic rings. The van der Waals surface area contributed by atoms with Crippen LogP contribution in [0.4, 0.5) is 14.9 Å². The van der Waals surface area contributed by atoms with E-state index >= 15 is 0 Å². The van der Waals surface area contributed by atoms with Gasteiger partial charge in [-0.05, 0) is 54.7 Å². The maximum absolute atomic E-state index is 13.5. The average Bonchev–Trinajstić information content (AvgIpc) is 3.46. The third-order valence-electron chi connectivity index (χ3n) is 4.29. The topological polar surface area (TPSA) is 70.2 Å². The van der Waals surface area contributed by atoms with Crippen molar-refractivity contribution in [3.05, 3.63) is 65.0 Å². The molecule has 1 saturated carbocycles. The number of urea groups is 1. The lowest BCUT2D eigenvalue weighted by Gasteiger charge is -2.10. The van der Waals surface area contributed by atoms with Crippen molar-refractivity contribution in [1.29, 1.82) is 0 Å². The summed E-state index contributed by atoms with van der Waals surface area (Å²) < 4.78 is 13.5. The Hall–Kier alpha value is -2.89. The van der Waals surface area contributed by atoms with Gasteiger partial charge in [0.2, 0.25) is 5.91 Å². The number of benzene rings is 2. The summed E-state index contributed by atoms with van der Waals surface area (Å²) in [4.78, 5) is 23.7. The summed E-state index contributed by atoms with van der Waals surface area (Å²) >= 11 is 0. The van der Waals surface area contributed by atoms with Crippen LogP contribution in [0.25, 0.3) is 0 Å². The van der Waals surface area contributed by atoms with Crippen molar-refractivity contribution in [2.45, 2.75) is 32.9 Å². The number of carbonyl (C=O) groups is 2. The Labute approximate surface area is 152 Å². The van der Waals surface area contributed by atoms with Gasteiger partial charge < -0.3 is 16.0 Å². The Morgan fingerprint density at radius 2 is 1.73 bits per heavy atom. The molecule has 6 heteroatoms. The first-order valence-corrected chi connectivity index (χ1v) is 8.68. The normalized spacial score (nSPS) is 13.2. The lowest BCUT2D eigenvalue weighted by molar-refractivity contribution is -0.117. The molecule has 0 unspecified atom stereocenters. The summed E-state index contributed by atoms with van der Waals surface area (Å²) in [6, 6.07) is 11.9. The molecule has 26 heavy (non-hydrogen) atoms. The second-order valence-electron chi connectivity index (χ2n) is 6.58. The number of amides is 3. The first kappa shape index (κ1) is 17.9. The van der Waals surface area contributed by atoms with Gasteiger partial charge in [-0.3, -0.25) is 4.79 Å². The van der Waals surface area contributed by atoms with Gasteiger partial charge in [0.15, 0.2) is 0 Å². The van der Waals surface area contributed by atoms with Gasteiger partial charge in [0.1, 0.15) is 5.82 Å². The quantitative estimate of drug-likeness (QED) is 0.742. The number of carbonyl (C=O) groups excluding carboxylic acids is 2. The van der Waals surface area contributed by atoms with E-state index in [1.165, 1.54) is 6.07 Å². The van der Waals surface area contributed by atoms with Crippen LogP contribution < -0.4 is 16.0 Å². The average molecular weight is 355 g/mol. The molecule has 0 heterocycles. The van der Waals surface area contributed by atoms with Crippen LogP contribution in [0, 0.1) is 18.7 Å². The van der Waals surface area contributed by atoms with Gasteiger partial charge in [-0.2, -0.15) is 0 Å². The molecule has 0 radical (unpaired) electrons. The van der Waals surface area contributed by atoms with E-state index in [1.54, 1.807) is 19.1 Å². The Bertz CT molecular complexity index is 818. The van der Waals surface area contributed by atoms with Crippen LogP contribution in [0.5, 0.6) is 0 Å². The highest BCUT2D eigenvalue weighted by Gasteiger charge is 2.29. The highest BCUT2D eigenvalue weighted by atomic mass is 19.1. The zero-order valence-corrected chi connectivity index (χ0v) is 14.6. The monoisotopic (exact) mass is 355 g/mol. The van der Waals surface area contributed by atoms with Crippen molar-refractivity contribution >= 4 is 17.6 Å². The Kier molecular flexibility index (Phi) is 5.51. The van der Waals surface area contributed by atoms with Crippen LogP contribution in [0.15, 0.2) is 42.5 Å². The van der Waals surface area contributed by atoms with E-state index in [4.69, 9.17) is 0 Å². The van der Waals surface area contributed by atoms with Gasteiger partial charge in [-0.25, -0.2) is 9.18 Å². The highest BCUT2D eigenvalue weighted by Crippen LogP contribution is 2.30. The number of nitrogens with one attached hydrogen (secondary N) is 3. The number of anilines is 1. The smallest absolute Gasteiger partial charge is 0.315 e. The molecule has 0 atom stereocenters. The summed E-state index contributed by atoms with van der Waals surface area (Å²) in [5.74, 6) is -0.0814. The lowest BCUT2D eigenvalue weighted by atomic mass is 10.1. The minimum absolute atomic E-state index is 0.0539. The van der Waals surface area contributed by atoms with E-state index in [9.17, 15) is 14.0 Å². The molecule has 0 saturated heterocycles. The molecule has 0 aromatic heterocycles. The zero-order chi connectivity index (χ0) is 18.5. The Morgan fingerprint density at radius 3 is 2.38 bits per heavy atom. The van der Waals surface area contributed by atoms with Crippen LogP contribution in [-0.4, -0.2) is 11.9 Å². The van der Waals surface area contributed by atoms with E-state index < -0.39 is 0 Å². The van der Waals surface area contributed by atoms with Gasteiger partial charge in [-0.1, -0.05) is 24.3 Å². The van der Waals surface area contributed by atoms with Crippen LogP contribution >= 0.6 is 0 Å². The van der Waals surface area contributed by atoms with E-state index in [0.29, 0.717) is 17.7 Å². The molecule has 3 rings (SSSR count). The molecule has 136 valence electrons. The van der Waals surface area contributed by atoms with Gasteiger partial charge in [0.25, 0.3) is 0 Å². The first-order chi connectivity index (χ1) is 12.5. The molecule has 1 fully saturated rings. The Morgan fingerprint density at radius 1 is 1.04 bits per heavy atom. The van der Waals surface area contributed by atoms with Crippen LogP contribution in [0.2, 0.25) is 0 Å². The van der Waals surface area contributed by atoms with Crippen LogP contribution in [0.1, 0.15) is 29.5 Å². The molecule has 3 N–H and O–H groups in total. The zero-order valence-electron chi connectivity index (χ0n) is 14.6. The fourth-order valence-corrected chi connectivity index (χ4v) is 2.52. The molecular formula is C20H22FN3O2. The standard InChI is InChI=1S/C20H22FN3O2/c1-13-5-6-15(10-18(13)21)12-23-20(26)22-11-14-3-2-4-17(9-14)24-19(25)16-7-8-16/h2-6,9-10,16H,7-8,11-12H2,1H3,(H,24,25)(H2,22,23,26). The molecular weight excluding hydrogens is 333 g/mol. The number of aryl methyl sites for hydroxylation is 1. The number of hydrogen-bond acceptors (Lipinski definition) is 2. The molecule has 2 aromatic carbocycles. The van der Waals surface area contributed by atoms with Gasteiger partial charge >= 0.3 is 6.03 Å². The van der Waals surface area contributed by atoms with Gasteiger partial charge in [-0.15, -0.1) is 0 Å². The van der Waals surface area contributed by atoms with Crippen molar-refractivity contribution in [3.8, 4) is 0 Å². The third kappa shape index (κ3) is 5.05. The molecule has 5 nitrogen and oxygen atoms in total. The molecule has 0 bridgehead atoms. The number of hydrogen-bond donors (Lipinski definition) is 3. The van der Waals surface area contributed by atoms with E-state index in [-0.39, 0.29) is 30.2 Å². The minimum Gasteiger partial charge on any atom is -0.334 e. The fraction of sp³-hybridized carbons (Fsp3) is 0.300. The predicted octanol–water partition coefficient (Wildman–Crippen LogP) is 3.48. The lowest BCUT2D eigenvalue weighted by Crippen LogP contribution is -2.34. The summed E-state index contributed by atoms with van der Waals surface area (Å²) in [6.45, 7) is 2.28. The van der Waals surface area contributed by atoms with E-state index in [0.717, 1.165) is 24.1 Å². The molecule has 3 amide bonds. The second-order valence-corrected chi connectivity index (χ2v) is 6.58. The molecule has 2 aromatic rings. The highest BCUT2D eigenvalue weighted by molar-refractivity contribution is 5.94. The second kappa shape index (κ2) is 7.99. The first-order valence-electron chi connectivity index (χ1n) is 8.68. The summed E-state index contributed by atoms with van der Waals surface area (Å²) in [6.07, 6.45) is 1.91. The van der Waals surface area contributed by atoms with E-state index in [2.05, 4.69) is 16.0 Å². The van der Waals surface area contributed by atoms with E-state index in [1.807, 2.05) is 24.3 Å². The van der Waals surface area contributed by atoms with Gasteiger partial charge in [0, 0.05) is 24.7 Å². The summed E-state index contributed by atoms with van der Waals surface area (Å²) in [5, 5.41) is 8.34. The molecule has 1 aliphatic carbocycles. The molecule has 0 spiro atoms. The van der Waals surface area contributed by atoms with Crippen molar-refractivity contribution in [2.24, 2.45) is 5.92 Å². The maximum atomic E-state index is 13.5. The SMILES string of the molecule is Cc1ccc(CNC(=O)NCc2cccc(NC(=O)C3CC3)c2)cc1F. The fourth-order valence-electron chi connectivity index (χ4n) is 2.52. The number of halogens is 1. The van der Waals surface area contributed by atoms with Crippen LogP contribution in [0.3, 0.4) is 0 Å². The minimum atomic E-state index is -0.335. The van der Waals surface area contributed by atoms with Gasteiger partial charge in [0.05, 0.1) is 0 Å². The predicted molar refractivity (Wildman–Crippen MR) is 98.0 cm³/mol. The van der Waals surface area contributed by atoms with Crippen molar-refractivity contribution in [1.82, 2.24) is 10.6 Å².